The van der Waals surface area contributed by atoms with E-state index in [0.717, 1.165) is 13.1 Å². The number of aromatic amines is 1. The standard InChI is InChI=1S/C17H21FN4O/c1-11-8-21(12-2-3-12)4-5-22(9-11)17(23)13-6-15-16(7-14(13)18)20-10-19-15/h6-7,10-12H,2-5,8-9H2,1H3,(H,19,20). The minimum atomic E-state index is -0.484. The summed E-state index contributed by atoms with van der Waals surface area (Å²) in [5.41, 5.74) is 1.36. The zero-order valence-corrected chi connectivity index (χ0v) is 13.3. The van der Waals surface area contributed by atoms with Crippen LogP contribution in [0.1, 0.15) is 30.1 Å². The van der Waals surface area contributed by atoms with E-state index in [-0.39, 0.29) is 11.5 Å². The van der Waals surface area contributed by atoms with Crippen LogP contribution in [0.15, 0.2) is 18.5 Å². The summed E-state index contributed by atoms with van der Waals surface area (Å²) in [5.74, 6) is -0.307. The van der Waals surface area contributed by atoms with E-state index in [1.807, 2.05) is 0 Å². The molecule has 1 aromatic carbocycles. The van der Waals surface area contributed by atoms with Crippen molar-refractivity contribution in [1.82, 2.24) is 19.8 Å². The maximum absolute atomic E-state index is 14.3. The van der Waals surface area contributed by atoms with Gasteiger partial charge in [-0.3, -0.25) is 9.69 Å². The Labute approximate surface area is 134 Å². The van der Waals surface area contributed by atoms with E-state index in [0.29, 0.717) is 36.1 Å². The minimum Gasteiger partial charge on any atom is -0.345 e. The molecule has 1 N–H and O–H groups in total. The first-order valence-corrected chi connectivity index (χ1v) is 8.28. The van der Waals surface area contributed by atoms with Gasteiger partial charge in [-0.1, -0.05) is 6.92 Å². The molecule has 1 unspecified atom stereocenters. The summed E-state index contributed by atoms with van der Waals surface area (Å²) >= 11 is 0. The number of rotatable bonds is 2. The van der Waals surface area contributed by atoms with Crippen LogP contribution in [0.5, 0.6) is 0 Å². The number of nitrogens with one attached hydrogen (secondary N) is 1. The van der Waals surface area contributed by atoms with Gasteiger partial charge in [0, 0.05) is 38.3 Å². The van der Waals surface area contributed by atoms with Crippen molar-refractivity contribution in [2.75, 3.05) is 26.2 Å². The molecule has 2 fully saturated rings. The monoisotopic (exact) mass is 316 g/mol. The number of amides is 1. The Morgan fingerprint density at radius 3 is 2.91 bits per heavy atom. The van der Waals surface area contributed by atoms with Crippen molar-refractivity contribution >= 4 is 16.9 Å². The second-order valence-corrected chi connectivity index (χ2v) is 6.83. The number of aromatic nitrogens is 2. The summed E-state index contributed by atoms with van der Waals surface area (Å²) in [6, 6.07) is 3.61. The van der Waals surface area contributed by atoms with E-state index in [4.69, 9.17) is 0 Å². The lowest BCUT2D eigenvalue weighted by atomic mass is 10.1. The van der Waals surface area contributed by atoms with E-state index in [1.165, 1.54) is 25.2 Å². The van der Waals surface area contributed by atoms with Crippen LogP contribution in [0.4, 0.5) is 4.39 Å². The number of imidazole rings is 1. The number of hydrogen-bond acceptors (Lipinski definition) is 3. The molecule has 0 spiro atoms. The van der Waals surface area contributed by atoms with E-state index < -0.39 is 5.82 Å². The fraction of sp³-hybridized carbons (Fsp3) is 0.529. The molecule has 1 saturated heterocycles. The predicted octanol–water partition coefficient (Wildman–Crippen LogP) is 2.26. The van der Waals surface area contributed by atoms with Crippen molar-refractivity contribution in [3.05, 3.63) is 29.8 Å². The highest BCUT2D eigenvalue weighted by atomic mass is 19.1. The van der Waals surface area contributed by atoms with Crippen LogP contribution in [0.2, 0.25) is 0 Å². The quantitative estimate of drug-likeness (QED) is 0.924. The van der Waals surface area contributed by atoms with Crippen molar-refractivity contribution < 1.29 is 9.18 Å². The lowest BCUT2D eigenvalue weighted by Crippen LogP contribution is -2.36. The third-order valence-electron chi connectivity index (χ3n) is 4.83. The number of nitrogens with zero attached hydrogens (tertiary/aromatic N) is 3. The summed E-state index contributed by atoms with van der Waals surface area (Å²) in [7, 11) is 0. The molecule has 1 atom stereocenters. The molecule has 1 amide bonds. The first-order valence-electron chi connectivity index (χ1n) is 8.28. The Kier molecular flexibility index (Phi) is 3.56. The van der Waals surface area contributed by atoms with E-state index >= 15 is 0 Å². The van der Waals surface area contributed by atoms with Crippen LogP contribution < -0.4 is 0 Å². The van der Waals surface area contributed by atoms with Crippen LogP contribution in [0.25, 0.3) is 11.0 Å². The molecule has 1 aliphatic carbocycles. The smallest absolute Gasteiger partial charge is 0.256 e. The topological polar surface area (TPSA) is 52.2 Å². The largest absolute Gasteiger partial charge is 0.345 e. The summed E-state index contributed by atoms with van der Waals surface area (Å²) in [5, 5.41) is 0. The normalized spacial score (nSPS) is 23.2. The Balaban J connectivity index is 1.57. The summed E-state index contributed by atoms with van der Waals surface area (Å²) in [6.07, 6.45) is 4.05. The van der Waals surface area contributed by atoms with Gasteiger partial charge in [0.2, 0.25) is 0 Å². The average Bonchev–Trinajstić information content (AvgIpc) is 3.29. The van der Waals surface area contributed by atoms with Gasteiger partial charge in [-0.05, 0) is 24.8 Å². The summed E-state index contributed by atoms with van der Waals surface area (Å²) < 4.78 is 14.3. The van der Waals surface area contributed by atoms with Gasteiger partial charge in [0.1, 0.15) is 5.82 Å². The van der Waals surface area contributed by atoms with Gasteiger partial charge in [-0.15, -0.1) is 0 Å². The highest BCUT2D eigenvalue weighted by molar-refractivity contribution is 5.97. The number of halogens is 1. The number of hydrogen-bond donors (Lipinski definition) is 1. The Bertz CT molecular complexity index is 739. The zero-order chi connectivity index (χ0) is 16.0. The third-order valence-corrected chi connectivity index (χ3v) is 4.83. The molecule has 1 aromatic heterocycles. The molecule has 2 heterocycles. The lowest BCUT2D eigenvalue weighted by Gasteiger charge is -2.22. The van der Waals surface area contributed by atoms with Crippen LogP contribution in [-0.4, -0.2) is 57.9 Å². The Hall–Kier alpha value is -1.95. The number of carbonyl (C=O) groups excluding carboxylic acids is 1. The van der Waals surface area contributed by atoms with Gasteiger partial charge >= 0.3 is 0 Å². The fourth-order valence-electron chi connectivity index (χ4n) is 3.51. The Morgan fingerprint density at radius 2 is 2.13 bits per heavy atom. The number of benzene rings is 1. The first-order chi connectivity index (χ1) is 11.1. The van der Waals surface area contributed by atoms with Gasteiger partial charge in [0.15, 0.2) is 0 Å². The molecular weight excluding hydrogens is 295 g/mol. The zero-order valence-electron chi connectivity index (χ0n) is 13.3. The molecule has 23 heavy (non-hydrogen) atoms. The average molecular weight is 316 g/mol. The van der Waals surface area contributed by atoms with Crippen molar-refractivity contribution in [3.8, 4) is 0 Å². The maximum Gasteiger partial charge on any atom is 0.256 e. The summed E-state index contributed by atoms with van der Waals surface area (Å²) in [6.45, 7) is 5.41. The highest BCUT2D eigenvalue weighted by Gasteiger charge is 2.33. The van der Waals surface area contributed by atoms with Crippen LogP contribution in [0, 0.1) is 11.7 Å². The molecule has 1 saturated carbocycles. The third kappa shape index (κ3) is 2.83. The molecular formula is C17H21FN4O. The first kappa shape index (κ1) is 14.6. The second-order valence-electron chi connectivity index (χ2n) is 6.83. The molecule has 2 aliphatic rings. The van der Waals surface area contributed by atoms with Crippen LogP contribution in [0.3, 0.4) is 0 Å². The number of H-pyrrole nitrogens is 1. The molecule has 0 bridgehead atoms. The number of fused-ring (bicyclic) bond motifs is 1. The summed E-state index contributed by atoms with van der Waals surface area (Å²) in [4.78, 5) is 24.1. The molecule has 2 aromatic rings. The molecule has 0 radical (unpaired) electrons. The van der Waals surface area contributed by atoms with Crippen LogP contribution >= 0.6 is 0 Å². The highest BCUT2D eigenvalue weighted by Crippen LogP contribution is 2.29. The molecule has 4 rings (SSSR count). The maximum atomic E-state index is 14.3. The number of carbonyl (C=O) groups is 1. The van der Waals surface area contributed by atoms with Gasteiger partial charge in [-0.2, -0.15) is 0 Å². The Morgan fingerprint density at radius 1 is 1.30 bits per heavy atom. The van der Waals surface area contributed by atoms with Crippen molar-refractivity contribution in [2.45, 2.75) is 25.8 Å². The van der Waals surface area contributed by atoms with E-state index in [9.17, 15) is 9.18 Å². The molecule has 122 valence electrons. The van der Waals surface area contributed by atoms with Gasteiger partial charge in [-0.25, -0.2) is 9.37 Å². The van der Waals surface area contributed by atoms with E-state index in [1.54, 1.807) is 11.0 Å². The van der Waals surface area contributed by atoms with Gasteiger partial charge in [0.25, 0.3) is 5.91 Å². The molecule has 5 nitrogen and oxygen atoms in total. The SMILES string of the molecule is CC1CN(C(=O)c2cc3nc[nH]c3cc2F)CCN(C2CC2)C1. The molecule has 1 aliphatic heterocycles. The van der Waals surface area contributed by atoms with Crippen molar-refractivity contribution in [1.29, 1.82) is 0 Å². The van der Waals surface area contributed by atoms with Gasteiger partial charge < -0.3 is 9.88 Å². The van der Waals surface area contributed by atoms with Crippen molar-refractivity contribution in [2.24, 2.45) is 5.92 Å². The molecule has 6 heteroatoms. The second kappa shape index (κ2) is 5.60. The van der Waals surface area contributed by atoms with Crippen molar-refractivity contribution in [3.63, 3.8) is 0 Å². The van der Waals surface area contributed by atoms with Gasteiger partial charge in [0.05, 0.1) is 22.9 Å². The van der Waals surface area contributed by atoms with E-state index in [2.05, 4.69) is 21.8 Å². The van der Waals surface area contributed by atoms with Crippen LogP contribution in [-0.2, 0) is 0 Å². The lowest BCUT2D eigenvalue weighted by molar-refractivity contribution is 0.0744. The fourth-order valence-corrected chi connectivity index (χ4v) is 3.51. The minimum absolute atomic E-state index is 0.122. The predicted molar refractivity (Wildman–Crippen MR) is 85.7 cm³/mol.